The van der Waals surface area contributed by atoms with Crippen LogP contribution < -0.4 is 10.1 Å². The number of halogens is 1. The molecular formula is C26H34FN5O4S2. The van der Waals surface area contributed by atoms with E-state index >= 15 is 0 Å². The lowest BCUT2D eigenvalue weighted by Crippen LogP contribution is -2.49. The van der Waals surface area contributed by atoms with Crippen LogP contribution in [0.5, 0.6) is 5.88 Å². The van der Waals surface area contributed by atoms with Crippen molar-refractivity contribution >= 4 is 45.2 Å². The first kappa shape index (κ1) is 29.8. The average Bonchev–Trinajstić information content (AvgIpc) is 3.34. The third-order valence-corrected chi connectivity index (χ3v) is 8.73. The van der Waals surface area contributed by atoms with Crippen molar-refractivity contribution < 1.29 is 24.9 Å². The molecule has 0 atom stereocenters. The second-order valence-electron chi connectivity index (χ2n) is 9.33. The fourth-order valence-electron chi connectivity index (χ4n) is 4.97. The van der Waals surface area contributed by atoms with E-state index in [1.54, 1.807) is 17.0 Å². The Labute approximate surface area is 229 Å². The van der Waals surface area contributed by atoms with Crippen LogP contribution in [0.25, 0.3) is 21.3 Å². The number of ether oxygens (including phenoxy) is 1. The van der Waals surface area contributed by atoms with Crippen molar-refractivity contribution in [2.45, 2.75) is 55.9 Å². The highest BCUT2D eigenvalue weighted by atomic mass is 32.2. The average molecular weight is 564 g/mol. The van der Waals surface area contributed by atoms with Crippen molar-refractivity contribution in [2.24, 2.45) is 5.92 Å². The summed E-state index contributed by atoms with van der Waals surface area (Å²) in [6, 6.07) is 5.06. The van der Waals surface area contributed by atoms with Crippen LogP contribution in [0.15, 0.2) is 34.8 Å². The van der Waals surface area contributed by atoms with Gasteiger partial charge in [0.2, 0.25) is 5.88 Å². The Morgan fingerprint density at radius 1 is 1.13 bits per heavy atom. The lowest BCUT2D eigenvalue weighted by molar-refractivity contribution is 0.110. The molecule has 0 unspecified atom stereocenters. The van der Waals surface area contributed by atoms with Crippen molar-refractivity contribution in [2.75, 3.05) is 19.3 Å². The summed E-state index contributed by atoms with van der Waals surface area (Å²) in [5, 5.41) is 13.0. The molecule has 0 radical (unpaired) electrons. The minimum atomic E-state index is -0.273. The van der Waals surface area contributed by atoms with Crippen LogP contribution in [0.1, 0.15) is 44.9 Å². The van der Waals surface area contributed by atoms with Crippen LogP contribution in [0.3, 0.4) is 0 Å². The highest BCUT2D eigenvalue weighted by Gasteiger charge is 2.27. The van der Waals surface area contributed by atoms with Gasteiger partial charge in [0, 0.05) is 53.3 Å². The van der Waals surface area contributed by atoms with Gasteiger partial charge in [-0.1, -0.05) is 25.3 Å². The normalized spacial score (nSPS) is 16.4. The molecule has 2 aliphatic rings. The summed E-state index contributed by atoms with van der Waals surface area (Å²) in [6.07, 6.45) is 10.1. The Morgan fingerprint density at radius 3 is 2.55 bits per heavy atom. The molecule has 3 heterocycles. The Morgan fingerprint density at radius 2 is 1.87 bits per heavy atom. The van der Waals surface area contributed by atoms with Gasteiger partial charge in [0.05, 0.1) is 5.52 Å². The zero-order valence-electron chi connectivity index (χ0n) is 21.3. The molecule has 206 valence electrons. The van der Waals surface area contributed by atoms with Gasteiger partial charge >= 0.3 is 6.03 Å². The molecule has 1 saturated heterocycles. The van der Waals surface area contributed by atoms with Crippen molar-refractivity contribution in [1.82, 2.24) is 20.2 Å². The summed E-state index contributed by atoms with van der Waals surface area (Å²) in [6.45, 7) is 1.12. The number of nitrogens with zero attached hydrogens (tertiary/aromatic N) is 3. The second-order valence-corrected chi connectivity index (χ2v) is 11.1. The third-order valence-electron chi connectivity index (χ3n) is 7.05. The molecule has 1 saturated carbocycles. The summed E-state index contributed by atoms with van der Waals surface area (Å²) in [7, 11) is 0. The highest BCUT2D eigenvalue weighted by Crippen LogP contribution is 2.39. The zero-order chi connectivity index (χ0) is 25.1. The van der Waals surface area contributed by atoms with E-state index in [1.807, 2.05) is 17.7 Å². The maximum Gasteiger partial charge on any atom is 0.322 e. The SMILES string of the molecule is CSc1ccc(-c2csc3c(OC4CCN(C(=O)NC(=N)C5CCCCC5)CC4)ncnc23)c(F)c1.O.O. The molecule has 9 nitrogen and oxygen atoms in total. The number of benzene rings is 1. The molecule has 6 N–H and O–H groups in total. The molecule has 2 fully saturated rings. The number of hydrogen-bond acceptors (Lipinski definition) is 7. The molecule has 1 aromatic carbocycles. The number of amidine groups is 1. The number of nitrogens with one attached hydrogen (secondary N) is 2. The minimum Gasteiger partial charge on any atom is -0.473 e. The van der Waals surface area contributed by atoms with Crippen molar-refractivity contribution in [3.05, 3.63) is 35.7 Å². The fourth-order valence-corrected chi connectivity index (χ4v) is 6.34. The van der Waals surface area contributed by atoms with E-state index in [9.17, 15) is 9.18 Å². The number of piperidine rings is 1. The number of carbonyl (C=O) groups excluding carboxylic acids is 1. The van der Waals surface area contributed by atoms with E-state index < -0.39 is 0 Å². The Hall–Kier alpha value is -2.80. The van der Waals surface area contributed by atoms with Crippen LogP contribution in [0, 0.1) is 17.1 Å². The summed E-state index contributed by atoms with van der Waals surface area (Å²) >= 11 is 2.95. The molecule has 12 heteroatoms. The van der Waals surface area contributed by atoms with Gasteiger partial charge in [0.15, 0.2) is 0 Å². The van der Waals surface area contributed by atoms with Crippen molar-refractivity contribution in [3.8, 4) is 17.0 Å². The Balaban J connectivity index is 0.00000200. The number of carbonyl (C=O) groups is 1. The smallest absolute Gasteiger partial charge is 0.322 e. The Kier molecular flexibility index (Phi) is 10.4. The number of likely N-dealkylation sites (tertiary alicyclic amines) is 1. The standard InChI is InChI=1S/C26H30FN5O2S2.2H2O/c1-35-18-7-8-19(21(27)13-18)20-14-36-23-22(20)29-15-30-25(23)34-17-9-11-32(12-10-17)26(33)31-24(28)16-5-3-2-4-6-16;;/h7-8,13-17H,2-6,9-12H2,1H3,(H2,28,31,33);2*1H2. The highest BCUT2D eigenvalue weighted by molar-refractivity contribution is 7.98. The van der Waals surface area contributed by atoms with E-state index in [2.05, 4.69) is 15.3 Å². The number of urea groups is 1. The van der Waals surface area contributed by atoms with Crippen LogP contribution in [-0.2, 0) is 0 Å². The first-order chi connectivity index (χ1) is 17.5. The summed E-state index contributed by atoms with van der Waals surface area (Å²) in [4.78, 5) is 24.1. The van der Waals surface area contributed by atoms with E-state index in [4.69, 9.17) is 10.1 Å². The lowest BCUT2D eigenvalue weighted by Gasteiger charge is -2.32. The van der Waals surface area contributed by atoms with Crippen LogP contribution in [0.4, 0.5) is 9.18 Å². The molecule has 2 amide bonds. The number of thioether (sulfide) groups is 1. The van der Waals surface area contributed by atoms with Gasteiger partial charge in [-0.25, -0.2) is 19.2 Å². The first-order valence-corrected chi connectivity index (χ1v) is 14.5. The van der Waals surface area contributed by atoms with Crippen molar-refractivity contribution in [1.29, 1.82) is 5.41 Å². The number of aromatic nitrogens is 2. The number of thiophene rings is 1. The molecule has 0 spiro atoms. The number of fused-ring (bicyclic) bond motifs is 1. The topological polar surface area (TPSA) is 154 Å². The van der Waals surface area contributed by atoms with Crippen LogP contribution >= 0.6 is 23.1 Å². The lowest BCUT2D eigenvalue weighted by atomic mass is 9.88. The summed E-state index contributed by atoms with van der Waals surface area (Å²) < 4.78 is 21.8. The molecule has 1 aliphatic heterocycles. The number of amides is 2. The third kappa shape index (κ3) is 6.42. The van der Waals surface area contributed by atoms with Gasteiger partial charge in [0.1, 0.15) is 28.8 Å². The molecule has 0 bridgehead atoms. The summed E-state index contributed by atoms with van der Waals surface area (Å²) in [5.41, 5.74) is 1.93. The number of hydrogen-bond donors (Lipinski definition) is 2. The first-order valence-electron chi connectivity index (χ1n) is 12.4. The van der Waals surface area contributed by atoms with E-state index in [-0.39, 0.29) is 34.8 Å². The monoisotopic (exact) mass is 563 g/mol. The second kappa shape index (κ2) is 13.3. The molecule has 1 aliphatic carbocycles. The van der Waals surface area contributed by atoms with Crippen LogP contribution in [0.2, 0.25) is 0 Å². The molecule has 3 aromatic rings. The van der Waals surface area contributed by atoms with Crippen LogP contribution in [-0.4, -0.2) is 63.1 Å². The van der Waals surface area contributed by atoms with Gasteiger partial charge in [-0.05, 0) is 31.2 Å². The zero-order valence-corrected chi connectivity index (χ0v) is 22.9. The number of rotatable bonds is 5. The Bertz CT molecular complexity index is 1260. The van der Waals surface area contributed by atoms with Crippen molar-refractivity contribution in [3.63, 3.8) is 0 Å². The molecule has 5 rings (SSSR count). The largest absolute Gasteiger partial charge is 0.473 e. The van der Waals surface area contributed by atoms with E-state index in [0.717, 1.165) is 40.8 Å². The van der Waals surface area contributed by atoms with E-state index in [1.165, 1.54) is 35.8 Å². The predicted molar refractivity (Wildman–Crippen MR) is 150 cm³/mol. The van der Waals surface area contributed by atoms with Gasteiger partial charge in [-0.3, -0.25) is 10.7 Å². The van der Waals surface area contributed by atoms with Gasteiger partial charge < -0.3 is 20.6 Å². The maximum absolute atomic E-state index is 14.8. The van der Waals surface area contributed by atoms with Gasteiger partial charge in [0.25, 0.3) is 0 Å². The minimum absolute atomic E-state index is 0. The molecular weight excluding hydrogens is 529 g/mol. The maximum atomic E-state index is 14.8. The quantitative estimate of drug-likeness (QED) is 0.262. The summed E-state index contributed by atoms with van der Waals surface area (Å²) in [5.74, 6) is 0.759. The van der Waals surface area contributed by atoms with E-state index in [0.29, 0.717) is 48.7 Å². The molecule has 2 aromatic heterocycles. The fraction of sp³-hybridized carbons (Fsp3) is 0.462. The van der Waals surface area contributed by atoms with Gasteiger partial charge in [-0.2, -0.15) is 0 Å². The predicted octanol–water partition coefficient (Wildman–Crippen LogP) is 4.68. The molecule has 38 heavy (non-hydrogen) atoms. The van der Waals surface area contributed by atoms with Gasteiger partial charge in [-0.15, -0.1) is 23.1 Å².